The van der Waals surface area contributed by atoms with Gasteiger partial charge >= 0.3 is 6.03 Å². The van der Waals surface area contributed by atoms with Gasteiger partial charge in [-0.05, 0) is 61.1 Å². The van der Waals surface area contributed by atoms with Gasteiger partial charge in [0, 0.05) is 68.0 Å². The zero-order chi connectivity index (χ0) is 28.7. The molecule has 0 saturated carbocycles. The third-order valence-corrected chi connectivity index (χ3v) is 7.62. The molecule has 3 aromatic heterocycles. The van der Waals surface area contributed by atoms with Crippen LogP contribution >= 0.6 is 0 Å². The van der Waals surface area contributed by atoms with Gasteiger partial charge in [-0.2, -0.15) is 0 Å². The van der Waals surface area contributed by atoms with Gasteiger partial charge in [-0.1, -0.05) is 6.07 Å². The van der Waals surface area contributed by atoms with Crippen molar-refractivity contribution in [2.45, 2.75) is 45.1 Å². The Hall–Kier alpha value is -3.94. The van der Waals surface area contributed by atoms with Gasteiger partial charge in [0.2, 0.25) is 0 Å². The highest BCUT2D eigenvalue weighted by molar-refractivity contribution is 6.31. The van der Waals surface area contributed by atoms with E-state index >= 15 is 4.39 Å². The van der Waals surface area contributed by atoms with Crippen LogP contribution in [0.3, 0.4) is 0 Å². The predicted molar refractivity (Wildman–Crippen MR) is 139 cm³/mol. The number of pyridine rings is 1. The number of carbonyl (C=O) groups is 2. The summed E-state index contributed by atoms with van der Waals surface area (Å²) in [4.78, 5) is 33.7. The van der Waals surface area contributed by atoms with Gasteiger partial charge < -0.3 is 14.4 Å². The van der Waals surface area contributed by atoms with Gasteiger partial charge in [-0.25, -0.2) is 14.2 Å². The Balaban J connectivity index is 1.44. The number of allylic oxidation sites excluding steroid dienone is 2. The molecule has 0 spiro atoms. The van der Waals surface area contributed by atoms with Crippen LogP contribution in [0, 0.1) is 5.82 Å². The van der Waals surface area contributed by atoms with E-state index in [0.717, 1.165) is 24.2 Å². The topological polar surface area (TPSA) is 62.9 Å². The Morgan fingerprint density at radius 3 is 2.78 bits per heavy atom. The minimum atomic E-state index is -2.76. The fourth-order valence-corrected chi connectivity index (χ4v) is 5.89. The third-order valence-electron chi connectivity index (χ3n) is 7.62. The smallest absolute Gasteiger partial charge is 0.320 e. The molecule has 7 nitrogen and oxygen atoms in total. The van der Waals surface area contributed by atoms with Crippen molar-refractivity contribution in [3.63, 3.8) is 0 Å². The molecule has 7 rings (SSSR count). The minimum absolute atomic E-state index is 0.0908. The molecule has 0 N–H and O–H groups in total. The lowest BCUT2D eigenvalue weighted by atomic mass is 9.98. The molecule has 0 radical (unpaired) electrons. The number of fused-ring (bicyclic) bond motifs is 1. The third kappa shape index (κ3) is 3.57. The fraction of sp³-hybridized carbons (Fsp3) is 0.345. The van der Waals surface area contributed by atoms with Gasteiger partial charge in [0.25, 0.3) is 0 Å². The van der Waals surface area contributed by atoms with E-state index in [9.17, 15) is 9.59 Å². The normalized spacial score (nSPS) is 22.7. The Morgan fingerprint density at radius 1 is 1.05 bits per heavy atom. The van der Waals surface area contributed by atoms with Crippen LogP contribution in [0.2, 0.25) is 0 Å². The first-order valence-corrected chi connectivity index (χ1v) is 12.7. The number of carbonyl (C=O) groups excluding carboxylic acids is 2. The number of hydrogen-bond donors (Lipinski definition) is 0. The summed E-state index contributed by atoms with van der Waals surface area (Å²) in [5.41, 5.74) is 3.44. The molecule has 0 bridgehead atoms. The predicted octanol–water partition coefficient (Wildman–Crippen LogP) is 5.12. The number of ketones is 1. The molecule has 2 amide bonds. The summed E-state index contributed by atoms with van der Waals surface area (Å²) in [6.07, 6.45) is 8.11. The van der Waals surface area contributed by atoms with Crippen LogP contribution in [0.4, 0.5) is 9.18 Å². The highest BCUT2D eigenvalue weighted by Gasteiger charge is 2.32. The Bertz CT molecular complexity index is 1790. The molecule has 8 heteroatoms. The molecule has 0 atom stereocenters. The van der Waals surface area contributed by atoms with E-state index in [1.165, 1.54) is 22.9 Å². The van der Waals surface area contributed by atoms with Gasteiger partial charge in [-0.3, -0.25) is 9.20 Å². The molecule has 1 aromatic carbocycles. The molecule has 1 saturated heterocycles. The molecule has 0 unspecified atom stereocenters. The maximum atomic E-state index is 15.2. The van der Waals surface area contributed by atoms with E-state index in [4.69, 9.17) is 5.48 Å². The fourth-order valence-electron chi connectivity index (χ4n) is 5.89. The van der Waals surface area contributed by atoms with Crippen molar-refractivity contribution in [3.8, 4) is 0 Å². The standard InChI is InChI=1S/C29H28FN5O2/c30-20-14-19-17-34(29(37)32-9-3-1-4-10-32)13-12-33-18-23(22(15-20)28(19)33)21-7-8-25(36)27(21)24-16-31-26-6-2-5-11-35(24)26/h2,5-6,11,14-16,18H,1,3-4,7-10,12-13,17H2/i12D2,13D2. The summed E-state index contributed by atoms with van der Waals surface area (Å²) in [5, 5.41) is 0.378. The number of likely N-dealkylation sites (tertiary alicyclic amines) is 1. The number of rotatable bonds is 2. The Kier molecular flexibility index (Phi) is 4.25. The quantitative estimate of drug-likeness (QED) is 0.383. The van der Waals surface area contributed by atoms with Crippen LogP contribution in [0.25, 0.3) is 27.7 Å². The maximum absolute atomic E-state index is 15.2. The van der Waals surface area contributed by atoms with Crippen LogP contribution in [0.1, 0.15) is 54.4 Å². The first kappa shape index (κ1) is 18.3. The van der Waals surface area contributed by atoms with Crippen molar-refractivity contribution >= 4 is 39.5 Å². The van der Waals surface area contributed by atoms with E-state index in [-0.39, 0.29) is 18.7 Å². The molecule has 5 heterocycles. The zero-order valence-electron chi connectivity index (χ0n) is 24.2. The van der Waals surface area contributed by atoms with E-state index < -0.39 is 24.8 Å². The van der Waals surface area contributed by atoms with Gasteiger partial charge in [0.15, 0.2) is 5.78 Å². The number of hydrogen-bond acceptors (Lipinski definition) is 3. The van der Waals surface area contributed by atoms with Crippen LogP contribution in [0.15, 0.2) is 48.9 Å². The van der Waals surface area contributed by atoms with Crippen LogP contribution in [0.5, 0.6) is 0 Å². The van der Waals surface area contributed by atoms with Crippen molar-refractivity contribution in [1.82, 2.24) is 23.8 Å². The molecule has 188 valence electrons. The highest BCUT2D eigenvalue weighted by atomic mass is 19.1. The summed E-state index contributed by atoms with van der Waals surface area (Å²) < 4.78 is 54.2. The number of urea groups is 1. The zero-order valence-corrected chi connectivity index (χ0v) is 20.2. The number of aromatic nitrogens is 3. The molecular weight excluding hydrogens is 469 g/mol. The lowest BCUT2D eigenvalue weighted by Gasteiger charge is -2.32. The van der Waals surface area contributed by atoms with Gasteiger partial charge in [-0.15, -0.1) is 0 Å². The van der Waals surface area contributed by atoms with Crippen molar-refractivity contribution in [3.05, 3.63) is 71.6 Å². The summed E-state index contributed by atoms with van der Waals surface area (Å²) in [6.45, 7) is -4.82. The number of aryl methyl sites for hydroxylation is 1. The first-order chi connectivity index (χ1) is 19.6. The van der Waals surface area contributed by atoms with Crippen LogP contribution in [-0.2, 0) is 17.8 Å². The summed E-state index contributed by atoms with van der Waals surface area (Å²) in [5.74, 6) is -0.673. The number of piperidine rings is 1. The average molecular weight is 502 g/mol. The van der Waals surface area contributed by atoms with E-state index in [1.54, 1.807) is 11.1 Å². The highest BCUT2D eigenvalue weighted by Crippen LogP contribution is 2.42. The number of imidazole rings is 1. The minimum Gasteiger partial charge on any atom is -0.345 e. The number of Topliss-reactive ketones (excluding diaryl/α,β-unsaturated/α-hetero) is 1. The van der Waals surface area contributed by atoms with Crippen LogP contribution in [-0.4, -0.2) is 55.2 Å². The van der Waals surface area contributed by atoms with Crippen molar-refractivity contribution in [1.29, 1.82) is 0 Å². The summed E-state index contributed by atoms with van der Waals surface area (Å²) >= 11 is 0. The lowest BCUT2D eigenvalue weighted by molar-refractivity contribution is -0.113. The number of amides is 2. The second-order valence-electron chi connectivity index (χ2n) is 9.86. The van der Waals surface area contributed by atoms with Crippen LogP contribution < -0.4 is 0 Å². The van der Waals surface area contributed by atoms with Crippen molar-refractivity contribution < 1.29 is 19.5 Å². The van der Waals surface area contributed by atoms with Gasteiger partial charge in [0.1, 0.15) is 11.5 Å². The molecule has 4 aromatic rings. The molecule has 1 fully saturated rings. The van der Waals surface area contributed by atoms with E-state index in [0.29, 0.717) is 64.0 Å². The van der Waals surface area contributed by atoms with E-state index in [2.05, 4.69) is 4.98 Å². The molecule has 1 aliphatic carbocycles. The Labute approximate surface area is 219 Å². The van der Waals surface area contributed by atoms with Crippen molar-refractivity contribution in [2.75, 3.05) is 19.6 Å². The first-order valence-electron chi connectivity index (χ1n) is 14.7. The number of benzene rings is 1. The average Bonchev–Trinajstić information content (AvgIpc) is 3.65. The Morgan fingerprint density at radius 2 is 1.92 bits per heavy atom. The number of halogens is 1. The summed E-state index contributed by atoms with van der Waals surface area (Å²) in [7, 11) is 0. The second-order valence-corrected chi connectivity index (χ2v) is 9.86. The molecule has 37 heavy (non-hydrogen) atoms. The maximum Gasteiger partial charge on any atom is 0.320 e. The molecule has 3 aliphatic rings. The summed E-state index contributed by atoms with van der Waals surface area (Å²) in [6, 6.07) is 7.47. The monoisotopic (exact) mass is 501 g/mol. The SMILES string of the molecule is [2H]C1([2H])N(C(=O)N2CCCCC2)Cc2cc(F)cc3c(C4=C(c5cnc6ccccn56)C(=O)CC4)cn(c23)C1([2H])[2H]. The lowest BCUT2D eigenvalue weighted by Crippen LogP contribution is -2.45. The molecule has 2 aliphatic heterocycles. The van der Waals surface area contributed by atoms with Gasteiger partial charge in [0.05, 0.1) is 22.9 Å². The van der Waals surface area contributed by atoms with Crippen molar-refractivity contribution in [2.24, 2.45) is 0 Å². The number of nitrogens with zero attached hydrogens (tertiary/aromatic N) is 5. The largest absolute Gasteiger partial charge is 0.345 e. The van der Waals surface area contributed by atoms with E-state index in [1.807, 2.05) is 28.8 Å². The second kappa shape index (κ2) is 8.57. The molecular formula is C29H28FN5O2.